The molecule has 0 saturated carbocycles. The van der Waals surface area contributed by atoms with Crippen LogP contribution in [-0.2, 0) is 4.79 Å². The maximum Gasteiger partial charge on any atom is 0.308 e. The molecule has 1 saturated heterocycles. The number of carboxylic acids is 1. The summed E-state index contributed by atoms with van der Waals surface area (Å²) in [6.45, 7) is 4.92. The Balaban J connectivity index is 2.15. The molecule has 1 aromatic carbocycles. The first kappa shape index (κ1) is 13.4. The van der Waals surface area contributed by atoms with Crippen molar-refractivity contribution in [3.05, 3.63) is 34.9 Å². The summed E-state index contributed by atoms with van der Waals surface area (Å²) in [5.41, 5.74) is 1.14. The summed E-state index contributed by atoms with van der Waals surface area (Å²) >= 11 is 6.00. The van der Waals surface area contributed by atoms with E-state index in [1.165, 1.54) is 0 Å². The second-order valence-electron chi connectivity index (χ2n) is 4.94. The summed E-state index contributed by atoms with van der Waals surface area (Å²) in [4.78, 5) is 13.4. The molecule has 1 aromatic rings. The molecule has 0 bridgehead atoms. The fourth-order valence-electron chi connectivity index (χ4n) is 2.80. The lowest BCUT2D eigenvalue weighted by molar-refractivity contribution is -0.142. The molecule has 1 fully saturated rings. The first-order valence-corrected chi connectivity index (χ1v) is 6.62. The smallest absolute Gasteiger partial charge is 0.308 e. The monoisotopic (exact) mass is 267 g/mol. The number of nitrogens with zero attached hydrogens (tertiary/aromatic N) is 1. The van der Waals surface area contributed by atoms with E-state index in [-0.39, 0.29) is 18.0 Å². The van der Waals surface area contributed by atoms with Gasteiger partial charge in [-0.1, -0.05) is 23.7 Å². The van der Waals surface area contributed by atoms with Crippen LogP contribution in [0.15, 0.2) is 24.3 Å². The van der Waals surface area contributed by atoms with Crippen LogP contribution in [0.4, 0.5) is 0 Å². The Bertz CT molecular complexity index is 449. The number of carboxylic acid groups (broad SMARTS) is 1. The third-order valence-electron chi connectivity index (χ3n) is 3.95. The molecule has 0 aromatic heterocycles. The molecule has 1 heterocycles. The summed E-state index contributed by atoms with van der Waals surface area (Å²) in [6, 6.07) is 8.04. The SMILES string of the molecule is CC(c1cccc(Cl)c1)N1CCC(C(=O)O)C1C. The minimum Gasteiger partial charge on any atom is -0.481 e. The molecule has 1 aliphatic heterocycles. The zero-order valence-corrected chi connectivity index (χ0v) is 11.4. The first-order valence-electron chi connectivity index (χ1n) is 6.24. The molecule has 2 rings (SSSR count). The molecule has 0 aliphatic carbocycles. The molecule has 1 aliphatic rings. The molecule has 18 heavy (non-hydrogen) atoms. The van der Waals surface area contributed by atoms with Crippen molar-refractivity contribution in [1.82, 2.24) is 4.90 Å². The number of hydrogen-bond donors (Lipinski definition) is 1. The van der Waals surface area contributed by atoms with Gasteiger partial charge in [-0.2, -0.15) is 0 Å². The van der Waals surface area contributed by atoms with Gasteiger partial charge in [0, 0.05) is 17.1 Å². The number of hydrogen-bond acceptors (Lipinski definition) is 2. The van der Waals surface area contributed by atoms with Crippen molar-refractivity contribution in [2.75, 3.05) is 6.54 Å². The second kappa shape index (κ2) is 5.29. The van der Waals surface area contributed by atoms with Gasteiger partial charge >= 0.3 is 5.97 Å². The highest BCUT2D eigenvalue weighted by Gasteiger charge is 2.37. The fraction of sp³-hybridized carbons (Fsp3) is 0.500. The third-order valence-corrected chi connectivity index (χ3v) is 4.18. The third kappa shape index (κ3) is 2.52. The Labute approximate surface area is 112 Å². The minimum atomic E-state index is -0.691. The number of likely N-dealkylation sites (tertiary alicyclic amines) is 1. The summed E-state index contributed by atoms with van der Waals surface area (Å²) in [6.07, 6.45) is 0.724. The van der Waals surface area contributed by atoms with Crippen LogP contribution in [0.5, 0.6) is 0 Å². The molecule has 3 nitrogen and oxygen atoms in total. The van der Waals surface area contributed by atoms with Gasteiger partial charge in [-0.15, -0.1) is 0 Å². The van der Waals surface area contributed by atoms with E-state index in [1.807, 2.05) is 31.2 Å². The van der Waals surface area contributed by atoms with Crippen LogP contribution in [0.3, 0.4) is 0 Å². The van der Waals surface area contributed by atoms with Gasteiger partial charge in [0.1, 0.15) is 0 Å². The van der Waals surface area contributed by atoms with Gasteiger partial charge in [0.05, 0.1) is 5.92 Å². The molecule has 4 heteroatoms. The lowest BCUT2D eigenvalue weighted by Crippen LogP contribution is -2.34. The average Bonchev–Trinajstić information content (AvgIpc) is 2.70. The second-order valence-corrected chi connectivity index (χ2v) is 5.38. The van der Waals surface area contributed by atoms with E-state index < -0.39 is 5.97 Å². The number of aliphatic carboxylic acids is 1. The first-order chi connectivity index (χ1) is 8.50. The number of carbonyl (C=O) groups is 1. The number of benzene rings is 1. The van der Waals surface area contributed by atoms with E-state index in [0.717, 1.165) is 23.6 Å². The topological polar surface area (TPSA) is 40.5 Å². The molecule has 0 spiro atoms. The van der Waals surface area contributed by atoms with Gasteiger partial charge in [0.2, 0.25) is 0 Å². The Hall–Kier alpha value is -1.06. The van der Waals surface area contributed by atoms with Crippen LogP contribution in [-0.4, -0.2) is 28.6 Å². The zero-order valence-electron chi connectivity index (χ0n) is 10.6. The van der Waals surface area contributed by atoms with Crippen molar-refractivity contribution < 1.29 is 9.90 Å². The summed E-state index contributed by atoms with van der Waals surface area (Å²) in [5, 5.41) is 9.87. The minimum absolute atomic E-state index is 0.0662. The van der Waals surface area contributed by atoms with E-state index in [9.17, 15) is 4.79 Å². The quantitative estimate of drug-likeness (QED) is 0.914. The van der Waals surface area contributed by atoms with E-state index in [0.29, 0.717) is 0 Å². The van der Waals surface area contributed by atoms with Crippen LogP contribution in [0.25, 0.3) is 0 Å². The van der Waals surface area contributed by atoms with E-state index >= 15 is 0 Å². The van der Waals surface area contributed by atoms with Crippen LogP contribution in [0, 0.1) is 5.92 Å². The molecule has 0 radical (unpaired) electrons. The molecular formula is C14H18ClNO2. The van der Waals surface area contributed by atoms with Crippen LogP contribution >= 0.6 is 11.6 Å². The van der Waals surface area contributed by atoms with Gasteiger partial charge in [-0.3, -0.25) is 9.69 Å². The fourth-order valence-corrected chi connectivity index (χ4v) is 3.00. The predicted molar refractivity (Wildman–Crippen MR) is 71.8 cm³/mol. The summed E-state index contributed by atoms with van der Waals surface area (Å²) in [5.74, 6) is -0.949. The maximum absolute atomic E-state index is 11.1. The lowest BCUT2D eigenvalue weighted by Gasteiger charge is -2.30. The molecule has 1 N–H and O–H groups in total. The van der Waals surface area contributed by atoms with E-state index in [4.69, 9.17) is 16.7 Å². The zero-order chi connectivity index (χ0) is 13.3. The van der Waals surface area contributed by atoms with Crippen molar-refractivity contribution in [2.24, 2.45) is 5.92 Å². The van der Waals surface area contributed by atoms with Gasteiger partial charge < -0.3 is 5.11 Å². The highest BCUT2D eigenvalue weighted by atomic mass is 35.5. The van der Waals surface area contributed by atoms with Crippen molar-refractivity contribution in [3.8, 4) is 0 Å². The van der Waals surface area contributed by atoms with Gasteiger partial charge in [0.25, 0.3) is 0 Å². The number of rotatable bonds is 3. The Morgan fingerprint density at radius 3 is 2.83 bits per heavy atom. The number of halogens is 1. The molecular weight excluding hydrogens is 250 g/mol. The largest absolute Gasteiger partial charge is 0.481 e. The lowest BCUT2D eigenvalue weighted by atomic mass is 10.0. The van der Waals surface area contributed by atoms with Crippen molar-refractivity contribution >= 4 is 17.6 Å². The average molecular weight is 268 g/mol. The van der Waals surface area contributed by atoms with Crippen LogP contribution < -0.4 is 0 Å². The Kier molecular flexibility index (Phi) is 3.93. The Morgan fingerprint density at radius 1 is 1.56 bits per heavy atom. The van der Waals surface area contributed by atoms with Crippen molar-refractivity contribution in [3.63, 3.8) is 0 Å². The highest BCUT2D eigenvalue weighted by molar-refractivity contribution is 6.30. The van der Waals surface area contributed by atoms with Crippen molar-refractivity contribution in [2.45, 2.75) is 32.4 Å². The van der Waals surface area contributed by atoms with Gasteiger partial charge in [0.15, 0.2) is 0 Å². The van der Waals surface area contributed by atoms with Crippen LogP contribution in [0.2, 0.25) is 5.02 Å². The highest BCUT2D eigenvalue weighted by Crippen LogP contribution is 2.33. The maximum atomic E-state index is 11.1. The molecule has 98 valence electrons. The standard InChI is InChI=1S/C14H18ClNO2/c1-9(11-4-3-5-12(15)8-11)16-7-6-13(10(16)2)14(17)18/h3-5,8-10,13H,6-7H2,1-2H3,(H,17,18). The van der Waals surface area contributed by atoms with Crippen molar-refractivity contribution in [1.29, 1.82) is 0 Å². The normalized spacial score (nSPS) is 26.2. The summed E-state index contributed by atoms with van der Waals surface area (Å²) in [7, 11) is 0. The Morgan fingerprint density at radius 2 is 2.28 bits per heavy atom. The molecule has 3 unspecified atom stereocenters. The van der Waals surface area contributed by atoms with E-state index in [2.05, 4.69) is 11.8 Å². The predicted octanol–water partition coefficient (Wildman–Crippen LogP) is 3.20. The van der Waals surface area contributed by atoms with E-state index in [1.54, 1.807) is 0 Å². The van der Waals surface area contributed by atoms with Gasteiger partial charge in [-0.05, 0) is 44.5 Å². The molecule has 0 amide bonds. The molecule has 3 atom stereocenters. The van der Waals surface area contributed by atoms with Crippen LogP contribution in [0.1, 0.15) is 31.9 Å². The van der Waals surface area contributed by atoms with Gasteiger partial charge in [-0.25, -0.2) is 0 Å². The summed E-state index contributed by atoms with van der Waals surface area (Å²) < 4.78 is 0.